The molecule has 39 heavy (non-hydrogen) atoms. The van der Waals surface area contributed by atoms with Crippen LogP contribution >= 0.6 is 0 Å². The Morgan fingerprint density at radius 1 is 0.897 bits per heavy atom. The van der Waals surface area contributed by atoms with Crippen molar-refractivity contribution in [3.05, 3.63) is 108 Å². The number of hydrogen-bond acceptors (Lipinski definition) is 6. The fourth-order valence-electron chi connectivity index (χ4n) is 4.87. The second-order valence-corrected chi connectivity index (χ2v) is 9.58. The number of benzene rings is 3. The summed E-state index contributed by atoms with van der Waals surface area (Å²) in [4.78, 5) is 27.2. The van der Waals surface area contributed by atoms with Crippen molar-refractivity contribution < 1.29 is 33.6 Å². The fourth-order valence-corrected chi connectivity index (χ4v) is 4.87. The summed E-state index contributed by atoms with van der Waals surface area (Å²) in [5.41, 5.74) is 2.83. The van der Waals surface area contributed by atoms with Gasteiger partial charge in [-0.05, 0) is 16.7 Å². The van der Waals surface area contributed by atoms with E-state index in [0.29, 0.717) is 6.61 Å². The summed E-state index contributed by atoms with van der Waals surface area (Å²) in [6.07, 6.45) is -1.62. The van der Waals surface area contributed by atoms with Crippen LogP contribution in [-0.4, -0.2) is 59.6 Å². The molecule has 8 nitrogen and oxygen atoms in total. The Bertz CT molecular complexity index is 1190. The number of nitrogens with zero attached hydrogens (tertiary/aromatic N) is 1. The van der Waals surface area contributed by atoms with E-state index >= 15 is 0 Å². The lowest BCUT2D eigenvalue weighted by Gasteiger charge is -2.48. The number of aliphatic carboxylic acids is 1. The largest absolute Gasteiger partial charge is 0.477 e. The molecule has 1 amide bonds. The molecule has 0 aromatic heterocycles. The number of carboxylic acid groups (broad SMARTS) is 1. The van der Waals surface area contributed by atoms with Crippen LogP contribution in [0.3, 0.4) is 0 Å². The van der Waals surface area contributed by atoms with Crippen LogP contribution in [0.25, 0.3) is 0 Å². The Hall–Kier alpha value is -3.56. The number of methoxy groups -OCH3 is 1. The zero-order valence-electron chi connectivity index (χ0n) is 22.3. The summed E-state index contributed by atoms with van der Waals surface area (Å²) in [6, 6.07) is 28.2. The van der Waals surface area contributed by atoms with Crippen LogP contribution in [0.2, 0.25) is 0 Å². The third kappa shape index (κ3) is 7.30. The Labute approximate surface area is 229 Å². The highest BCUT2D eigenvalue weighted by Crippen LogP contribution is 2.36. The van der Waals surface area contributed by atoms with E-state index in [1.165, 1.54) is 14.0 Å². The quantitative estimate of drug-likeness (QED) is 0.368. The van der Waals surface area contributed by atoms with Crippen LogP contribution in [0.15, 0.2) is 91.0 Å². The highest BCUT2D eigenvalue weighted by atomic mass is 16.7. The highest BCUT2D eigenvalue weighted by molar-refractivity contribution is 5.77. The van der Waals surface area contributed by atoms with Crippen molar-refractivity contribution in [2.75, 3.05) is 13.7 Å². The molecule has 4 rings (SSSR count). The van der Waals surface area contributed by atoms with Crippen molar-refractivity contribution in [1.29, 1.82) is 0 Å². The van der Waals surface area contributed by atoms with Crippen LogP contribution in [0, 0.1) is 0 Å². The van der Waals surface area contributed by atoms with Gasteiger partial charge in [0.15, 0.2) is 0 Å². The summed E-state index contributed by atoms with van der Waals surface area (Å²) in [5.74, 6) is -3.45. The lowest BCUT2D eigenvalue weighted by atomic mass is 9.90. The number of ether oxygens (including phenoxy) is 4. The molecule has 4 atom stereocenters. The first-order valence-corrected chi connectivity index (χ1v) is 13.0. The standard InChI is InChI=1S/C31H35NO7/c1-23(33)32(19-24-12-6-3-7-13-24)27-18-31(36-2,30(34)35)39-28(22-37-20-25-14-8-4-9-15-25)29(27)38-21-26-16-10-5-11-17-26/h3-17,27-29H,18-22H2,1-2H3,(H,34,35)/t27-,28-,29+,31-/m1/s1. The van der Waals surface area contributed by atoms with E-state index in [9.17, 15) is 14.7 Å². The maximum Gasteiger partial charge on any atom is 0.364 e. The molecule has 1 aliphatic rings. The first-order chi connectivity index (χ1) is 18.9. The second-order valence-electron chi connectivity index (χ2n) is 9.58. The molecule has 0 radical (unpaired) electrons. The number of amides is 1. The number of carbonyl (C=O) groups excluding carboxylic acids is 1. The van der Waals surface area contributed by atoms with Crippen LogP contribution in [-0.2, 0) is 48.3 Å². The van der Waals surface area contributed by atoms with E-state index in [2.05, 4.69) is 0 Å². The smallest absolute Gasteiger partial charge is 0.364 e. The number of hydrogen-bond donors (Lipinski definition) is 1. The van der Waals surface area contributed by atoms with Gasteiger partial charge >= 0.3 is 5.97 Å². The summed E-state index contributed by atoms with van der Waals surface area (Å²) in [5, 5.41) is 10.2. The summed E-state index contributed by atoms with van der Waals surface area (Å²) >= 11 is 0. The topological polar surface area (TPSA) is 94.5 Å². The number of carboxylic acids is 1. The van der Waals surface area contributed by atoms with Crippen LogP contribution in [0.1, 0.15) is 30.0 Å². The monoisotopic (exact) mass is 533 g/mol. The van der Waals surface area contributed by atoms with E-state index in [1.807, 2.05) is 91.0 Å². The van der Waals surface area contributed by atoms with Crippen LogP contribution < -0.4 is 0 Å². The van der Waals surface area contributed by atoms with Gasteiger partial charge in [-0.25, -0.2) is 4.79 Å². The first-order valence-electron chi connectivity index (χ1n) is 13.0. The lowest BCUT2D eigenvalue weighted by molar-refractivity contribution is -0.307. The highest BCUT2D eigenvalue weighted by Gasteiger charge is 2.55. The SMILES string of the molecule is CO[C@]1(C(=O)O)C[C@@H](N(Cc2ccccc2)C(C)=O)[C@H](OCc2ccccc2)[C@@H](COCc2ccccc2)O1. The molecule has 1 heterocycles. The van der Waals surface area contributed by atoms with Gasteiger partial charge in [0.25, 0.3) is 5.79 Å². The minimum atomic E-state index is -1.97. The van der Waals surface area contributed by atoms with Gasteiger partial charge in [0.2, 0.25) is 5.91 Å². The number of rotatable bonds is 12. The van der Waals surface area contributed by atoms with Gasteiger partial charge in [-0.1, -0.05) is 91.0 Å². The zero-order valence-corrected chi connectivity index (χ0v) is 22.3. The second kappa shape index (κ2) is 13.5. The van der Waals surface area contributed by atoms with Gasteiger partial charge in [-0.15, -0.1) is 0 Å². The van der Waals surface area contributed by atoms with E-state index in [-0.39, 0.29) is 32.1 Å². The Morgan fingerprint density at radius 2 is 1.44 bits per heavy atom. The van der Waals surface area contributed by atoms with Gasteiger partial charge in [0.1, 0.15) is 12.2 Å². The average Bonchev–Trinajstić information content (AvgIpc) is 2.96. The Kier molecular flexibility index (Phi) is 9.84. The third-order valence-electron chi connectivity index (χ3n) is 6.90. The molecule has 8 heteroatoms. The van der Waals surface area contributed by atoms with Gasteiger partial charge in [0.05, 0.1) is 25.9 Å². The molecular weight excluding hydrogens is 498 g/mol. The van der Waals surface area contributed by atoms with Gasteiger partial charge in [-0.3, -0.25) is 4.79 Å². The molecule has 0 spiro atoms. The first kappa shape index (κ1) is 28.4. The fraction of sp³-hybridized carbons (Fsp3) is 0.355. The van der Waals surface area contributed by atoms with E-state index < -0.39 is 30.0 Å². The molecule has 0 aliphatic carbocycles. The number of carbonyl (C=O) groups is 2. The van der Waals surface area contributed by atoms with Crippen molar-refractivity contribution in [1.82, 2.24) is 4.90 Å². The summed E-state index contributed by atoms with van der Waals surface area (Å²) < 4.78 is 24.1. The van der Waals surface area contributed by atoms with Gasteiger partial charge in [-0.2, -0.15) is 0 Å². The summed E-state index contributed by atoms with van der Waals surface area (Å²) in [6.45, 7) is 2.36. The van der Waals surface area contributed by atoms with Crippen LogP contribution in [0.4, 0.5) is 0 Å². The van der Waals surface area contributed by atoms with Crippen molar-refractivity contribution in [2.24, 2.45) is 0 Å². The predicted octanol–water partition coefficient (Wildman–Crippen LogP) is 4.42. The molecule has 3 aromatic rings. The van der Waals surface area contributed by atoms with E-state index in [4.69, 9.17) is 18.9 Å². The molecule has 0 saturated carbocycles. The molecule has 1 N–H and O–H groups in total. The molecule has 0 unspecified atom stereocenters. The molecule has 1 aliphatic heterocycles. The van der Waals surface area contributed by atoms with Crippen molar-refractivity contribution in [3.63, 3.8) is 0 Å². The summed E-state index contributed by atoms with van der Waals surface area (Å²) in [7, 11) is 1.30. The lowest BCUT2D eigenvalue weighted by Crippen LogP contribution is -2.65. The molecule has 1 saturated heterocycles. The Morgan fingerprint density at radius 3 is 1.95 bits per heavy atom. The molecule has 3 aromatic carbocycles. The van der Waals surface area contributed by atoms with Gasteiger partial charge < -0.3 is 29.0 Å². The van der Waals surface area contributed by atoms with Crippen molar-refractivity contribution in [2.45, 2.75) is 57.1 Å². The molecular formula is C31H35NO7. The molecule has 206 valence electrons. The normalized spacial score (nSPS) is 22.8. The van der Waals surface area contributed by atoms with E-state index in [1.54, 1.807) is 4.90 Å². The predicted molar refractivity (Wildman–Crippen MR) is 144 cm³/mol. The molecule has 1 fully saturated rings. The minimum Gasteiger partial charge on any atom is -0.477 e. The van der Waals surface area contributed by atoms with E-state index in [0.717, 1.165) is 16.7 Å². The maximum absolute atomic E-state index is 13.1. The average molecular weight is 534 g/mol. The minimum absolute atomic E-state index is 0.0420. The zero-order chi connectivity index (χ0) is 27.7. The van der Waals surface area contributed by atoms with Crippen molar-refractivity contribution >= 4 is 11.9 Å². The van der Waals surface area contributed by atoms with Crippen molar-refractivity contribution in [3.8, 4) is 0 Å². The molecule has 0 bridgehead atoms. The third-order valence-corrected chi connectivity index (χ3v) is 6.90. The van der Waals surface area contributed by atoms with Gasteiger partial charge in [0, 0.05) is 27.0 Å². The maximum atomic E-state index is 13.1. The Balaban J connectivity index is 1.66. The van der Waals surface area contributed by atoms with Crippen LogP contribution in [0.5, 0.6) is 0 Å².